The molecule has 1 aromatic carbocycles. The Morgan fingerprint density at radius 1 is 1.37 bits per heavy atom. The Hall–Kier alpha value is -2.87. The fourth-order valence-corrected chi connectivity index (χ4v) is 1.89. The smallest absolute Gasteiger partial charge is 0.149 e. The zero-order valence-corrected chi connectivity index (χ0v) is 10.3. The molecule has 0 saturated heterocycles. The molecule has 0 spiro atoms. The van der Waals surface area contributed by atoms with Gasteiger partial charge in [-0.3, -0.25) is 0 Å². The summed E-state index contributed by atoms with van der Waals surface area (Å²) in [4.78, 5) is 14.7. The highest BCUT2D eigenvalue weighted by Gasteiger charge is 2.08. The van der Waals surface area contributed by atoms with Gasteiger partial charge in [-0.25, -0.2) is 9.97 Å². The van der Waals surface area contributed by atoms with Gasteiger partial charge in [0.05, 0.1) is 28.6 Å². The first kappa shape index (κ1) is 11.2. The maximum absolute atomic E-state index is 9.28. The zero-order chi connectivity index (χ0) is 13.2. The molecule has 0 radical (unpaired) electrons. The highest BCUT2D eigenvalue weighted by atomic mass is 14.9. The number of fused-ring (bicyclic) bond motifs is 1. The van der Waals surface area contributed by atoms with Crippen LogP contribution in [0.3, 0.4) is 0 Å². The number of nitrogens with one attached hydrogen (secondary N) is 2. The van der Waals surface area contributed by atoms with Gasteiger partial charge in [0.15, 0.2) is 0 Å². The number of H-pyrrole nitrogens is 2. The van der Waals surface area contributed by atoms with E-state index in [-0.39, 0.29) is 0 Å². The lowest BCUT2D eigenvalue weighted by atomic mass is 10.2. The van der Waals surface area contributed by atoms with Crippen molar-refractivity contribution in [2.75, 3.05) is 0 Å². The number of para-hydroxylation sites is 2. The van der Waals surface area contributed by atoms with Crippen LogP contribution < -0.4 is 0 Å². The highest BCUT2D eigenvalue weighted by molar-refractivity contribution is 5.89. The number of aromatic nitrogens is 4. The summed E-state index contributed by atoms with van der Waals surface area (Å²) < 4.78 is 0. The molecular weight excluding hydrogens is 238 g/mol. The van der Waals surface area contributed by atoms with Crippen molar-refractivity contribution in [1.82, 2.24) is 19.9 Å². The van der Waals surface area contributed by atoms with Gasteiger partial charge in [0, 0.05) is 5.69 Å². The summed E-state index contributed by atoms with van der Waals surface area (Å²) in [7, 11) is 0. The van der Waals surface area contributed by atoms with Crippen LogP contribution in [0.1, 0.15) is 17.2 Å². The minimum Gasteiger partial charge on any atom is -0.348 e. The van der Waals surface area contributed by atoms with Crippen LogP contribution in [0.2, 0.25) is 0 Å². The monoisotopic (exact) mass is 249 g/mol. The first-order valence-electron chi connectivity index (χ1n) is 5.85. The van der Waals surface area contributed by atoms with Crippen molar-refractivity contribution in [3.05, 3.63) is 47.8 Å². The Morgan fingerprint density at radius 3 is 2.89 bits per heavy atom. The molecule has 19 heavy (non-hydrogen) atoms. The Kier molecular flexibility index (Phi) is 2.62. The second kappa shape index (κ2) is 4.42. The van der Waals surface area contributed by atoms with Crippen molar-refractivity contribution >= 4 is 22.7 Å². The Bertz CT molecular complexity index is 767. The molecule has 2 heterocycles. The first-order valence-corrected chi connectivity index (χ1v) is 5.85. The second-order valence-electron chi connectivity index (χ2n) is 4.19. The lowest BCUT2D eigenvalue weighted by Crippen LogP contribution is -1.86. The van der Waals surface area contributed by atoms with Crippen LogP contribution in [0.4, 0.5) is 0 Å². The number of hydrogen-bond acceptors (Lipinski definition) is 3. The van der Waals surface area contributed by atoms with Gasteiger partial charge in [-0.1, -0.05) is 12.1 Å². The van der Waals surface area contributed by atoms with E-state index in [9.17, 15) is 5.26 Å². The SMILES string of the molecule is Cc1[nH]cnc1/C=C(\C#N)c1nc2ccccc2[nH]1. The van der Waals surface area contributed by atoms with E-state index in [0.29, 0.717) is 11.4 Å². The fourth-order valence-electron chi connectivity index (χ4n) is 1.89. The molecule has 0 aliphatic rings. The van der Waals surface area contributed by atoms with Crippen molar-refractivity contribution < 1.29 is 0 Å². The molecule has 2 N–H and O–H groups in total. The summed E-state index contributed by atoms with van der Waals surface area (Å²) in [5.41, 5.74) is 3.89. The topological polar surface area (TPSA) is 81.2 Å². The average Bonchev–Trinajstić information content (AvgIpc) is 3.02. The van der Waals surface area contributed by atoms with Crippen LogP contribution >= 0.6 is 0 Å². The van der Waals surface area contributed by atoms with Gasteiger partial charge < -0.3 is 9.97 Å². The molecule has 0 amide bonds. The molecule has 0 atom stereocenters. The molecule has 0 unspecified atom stereocenters. The predicted octanol–water partition coefficient (Wildman–Crippen LogP) is 2.66. The van der Waals surface area contributed by atoms with E-state index >= 15 is 0 Å². The van der Waals surface area contributed by atoms with E-state index in [1.807, 2.05) is 31.2 Å². The summed E-state index contributed by atoms with van der Waals surface area (Å²) >= 11 is 0. The molecule has 0 fully saturated rings. The molecule has 3 aromatic rings. The standard InChI is InChI=1S/C14H11N5/c1-9-13(17-8-16-9)6-10(7-15)14-18-11-4-2-3-5-12(11)19-14/h2-6,8H,1H3,(H,16,17)(H,18,19)/b10-6+. The van der Waals surface area contributed by atoms with Gasteiger partial charge in [-0.05, 0) is 25.1 Å². The average molecular weight is 249 g/mol. The Balaban J connectivity index is 2.10. The van der Waals surface area contributed by atoms with Gasteiger partial charge in [0.25, 0.3) is 0 Å². The van der Waals surface area contributed by atoms with Gasteiger partial charge in [0.2, 0.25) is 0 Å². The molecule has 2 aromatic heterocycles. The second-order valence-corrected chi connectivity index (χ2v) is 4.19. The van der Waals surface area contributed by atoms with E-state index in [4.69, 9.17) is 0 Å². The number of aromatic amines is 2. The van der Waals surface area contributed by atoms with Gasteiger partial charge in [-0.15, -0.1) is 0 Å². The molecule has 0 aliphatic heterocycles. The summed E-state index contributed by atoms with van der Waals surface area (Å²) in [6.07, 6.45) is 3.33. The maximum Gasteiger partial charge on any atom is 0.149 e. The van der Waals surface area contributed by atoms with Crippen LogP contribution in [0.25, 0.3) is 22.7 Å². The number of benzene rings is 1. The molecule has 5 nitrogen and oxygen atoms in total. The number of hydrogen-bond donors (Lipinski definition) is 2. The summed E-state index contributed by atoms with van der Waals surface area (Å²) in [5.74, 6) is 0.561. The normalized spacial score (nSPS) is 11.7. The number of nitriles is 1. The third-order valence-electron chi connectivity index (χ3n) is 2.91. The van der Waals surface area contributed by atoms with E-state index in [0.717, 1.165) is 22.4 Å². The lowest BCUT2D eigenvalue weighted by molar-refractivity contribution is 1.25. The number of nitrogens with zero attached hydrogens (tertiary/aromatic N) is 3. The number of rotatable bonds is 2. The maximum atomic E-state index is 9.28. The molecule has 92 valence electrons. The van der Waals surface area contributed by atoms with Gasteiger partial charge in [0.1, 0.15) is 11.9 Å². The molecule has 0 bridgehead atoms. The zero-order valence-electron chi connectivity index (χ0n) is 10.3. The Labute approximate surface area is 109 Å². The largest absolute Gasteiger partial charge is 0.348 e. The van der Waals surface area contributed by atoms with E-state index < -0.39 is 0 Å². The van der Waals surface area contributed by atoms with Crippen molar-refractivity contribution in [1.29, 1.82) is 5.26 Å². The number of aryl methyl sites for hydroxylation is 1. The minimum absolute atomic E-state index is 0.464. The van der Waals surface area contributed by atoms with Gasteiger partial charge in [-0.2, -0.15) is 5.26 Å². The first-order chi connectivity index (χ1) is 9.28. The molecule has 3 rings (SSSR count). The quantitative estimate of drug-likeness (QED) is 0.685. The fraction of sp³-hybridized carbons (Fsp3) is 0.0714. The molecule has 0 aliphatic carbocycles. The van der Waals surface area contributed by atoms with Crippen molar-refractivity contribution in [2.24, 2.45) is 0 Å². The number of imidazole rings is 2. The van der Waals surface area contributed by atoms with Crippen LogP contribution in [0.15, 0.2) is 30.6 Å². The van der Waals surface area contributed by atoms with Crippen molar-refractivity contribution in [3.8, 4) is 6.07 Å². The lowest BCUT2D eigenvalue weighted by Gasteiger charge is -1.93. The van der Waals surface area contributed by atoms with Crippen LogP contribution in [0.5, 0.6) is 0 Å². The molecule has 5 heteroatoms. The van der Waals surface area contributed by atoms with Crippen molar-refractivity contribution in [3.63, 3.8) is 0 Å². The van der Waals surface area contributed by atoms with E-state index in [2.05, 4.69) is 26.0 Å². The van der Waals surface area contributed by atoms with Crippen molar-refractivity contribution in [2.45, 2.75) is 6.92 Å². The van der Waals surface area contributed by atoms with E-state index in [1.165, 1.54) is 0 Å². The third kappa shape index (κ3) is 2.00. The van der Waals surface area contributed by atoms with Crippen LogP contribution in [-0.2, 0) is 0 Å². The van der Waals surface area contributed by atoms with Gasteiger partial charge >= 0.3 is 0 Å². The molecular formula is C14H11N5. The van der Waals surface area contributed by atoms with Crippen LogP contribution in [-0.4, -0.2) is 19.9 Å². The predicted molar refractivity (Wildman–Crippen MR) is 72.9 cm³/mol. The molecule has 0 saturated carbocycles. The Morgan fingerprint density at radius 2 is 2.21 bits per heavy atom. The number of allylic oxidation sites excluding steroid dienone is 1. The summed E-state index contributed by atoms with van der Waals surface area (Å²) in [5, 5.41) is 9.28. The summed E-state index contributed by atoms with van der Waals surface area (Å²) in [6, 6.07) is 9.84. The van der Waals surface area contributed by atoms with E-state index in [1.54, 1.807) is 12.4 Å². The third-order valence-corrected chi connectivity index (χ3v) is 2.91. The van der Waals surface area contributed by atoms with Crippen LogP contribution in [0, 0.1) is 18.3 Å². The minimum atomic E-state index is 0.464. The highest BCUT2D eigenvalue weighted by Crippen LogP contribution is 2.19. The summed E-state index contributed by atoms with van der Waals surface area (Å²) in [6.45, 7) is 1.91.